The average molecular weight is 222 g/mol. The molecule has 0 bridgehead atoms. The molecule has 0 aromatic heterocycles. The molecule has 0 saturated carbocycles. The molecule has 1 N–H and O–H groups in total. The van der Waals surface area contributed by atoms with Gasteiger partial charge in [0.1, 0.15) is 0 Å². The van der Waals surface area contributed by atoms with Crippen LogP contribution in [0.25, 0.3) is 0 Å². The molecule has 0 fully saturated rings. The van der Waals surface area contributed by atoms with Gasteiger partial charge < -0.3 is 5.11 Å². The Morgan fingerprint density at radius 3 is 2.44 bits per heavy atom. The largest absolute Gasteiger partial charge is 0.481 e. The minimum atomic E-state index is -0.698. The molecule has 2 heteroatoms. The molecular formula is C14H22O2. The third-order valence-corrected chi connectivity index (χ3v) is 3.68. The van der Waals surface area contributed by atoms with Crippen molar-refractivity contribution in [2.75, 3.05) is 0 Å². The van der Waals surface area contributed by atoms with E-state index in [2.05, 4.69) is 26.0 Å². The number of hydrogen-bond donors (Lipinski definition) is 1. The van der Waals surface area contributed by atoms with Crippen molar-refractivity contribution in [3.63, 3.8) is 0 Å². The van der Waals surface area contributed by atoms with E-state index in [9.17, 15) is 9.90 Å². The average Bonchev–Trinajstić information content (AvgIpc) is 2.15. The summed E-state index contributed by atoms with van der Waals surface area (Å²) in [5.74, 6) is -0.681. The van der Waals surface area contributed by atoms with Crippen molar-refractivity contribution in [3.05, 3.63) is 23.8 Å². The van der Waals surface area contributed by atoms with Gasteiger partial charge in [0.2, 0.25) is 0 Å². The van der Waals surface area contributed by atoms with E-state index in [0.29, 0.717) is 6.42 Å². The lowest BCUT2D eigenvalue weighted by atomic mass is 9.61. The Balaban J connectivity index is 3.21. The molecule has 1 aliphatic carbocycles. The monoisotopic (exact) mass is 222 g/mol. The summed E-state index contributed by atoms with van der Waals surface area (Å²) in [6.07, 6.45) is 6.90. The number of carboxylic acids is 1. The van der Waals surface area contributed by atoms with Crippen LogP contribution < -0.4 is 0 Å². The van der Waals surface area contributed by atoms with Gasteiger partial charge in [-0.05, 0) is 32.6 Å². The number of allylic oxidation sites excluding steroid dienone is 4. The number of carboxylic acid groups (broad SMARTS) is 1. The topological polar surface area (TPSA) is 37.3 Å². The summed E-state index contributed by atoms with van der Waals surface area (Å²) in [5, 5.41) is 9.48. The zero-order valence-electron chi connectivity index (χ0n) is 10.9. The summed E-state index contributed by atoms with van der Waals surface area (Å²) in [5.41, 5.74) is 0.420. The van der Waals surface area contributed by atoms with Gasteiger partial charge in [-0.3, -0.25) is 4.79 Å². The van der Waals surface area contributed by atoms with Gasteiger partial charge in [0.15, 0.2) is 0 Å². The van der Waals surface area contributed by atoms with E-state index >= 15 is 0 Å². The van der Waals surface area contributed by atoms with Crippen molar-refractivity contribution in [2.45, 2.75) is 41.0 Å². The van der Waals surface area contributed by atoms with Crippen molar-refractivity contribution in [1.82, 2.24) is 0 Å². The molecule has 0 heterocycles. The maximum Gasteiger partial charge on any atom is 0.310 e. The van der Waals surface area contributed by atoms with E-state index < -0.39 is 11.4 Å². The van der Waals surface area contributed by atoms with Crippen LogP contribution >= 0.6 is 0 Å². The fraction of sp³-hybridized carbons (Fsp3) is 0.643. The third kappa shape index (κ3) is 2.21. The first-order valence-corrected chi connectivity index (χ1v) is 5.78. The Morgan fingerprint density at radius 1 is 1.44 bits per heavy atom. The second-order valence-corrected chi connectivity index (χ2v) is 5.76. The van der Waals surface area contributed by atoms with Crippen molar-refractivity contribution in [3.8, 4) is 0 Å². The second kappa shape index (κ2) is 4.08. The highest BCUT2D eigenvalue weighted by Gasteiger charge is 2.46. The highest BCUT2D eigenvalue weighted by atomic mass is 16.4. The molecule has 2 atom stereocenters. The second-order valence-electron chi connectivity index (χ2n) is 5.76. The first-order chi connectivity index (χ1) is 7.23. The summed E-state index contributed by atoms with van der Waals surface area (Å²) in [6, 6.07) is 0. The van der Waals surface area contributed by atoms with E-state index in [0.717, 1.165) is 5.57 Å². The van der Waals surface area contributed by atoms with E-state index in [1.165, 1.54) is 0 Å². The van der Waals surface area contributed by atoms with E-state index in [1.54, 1.807) is 0 Å². The summed E-state index contributed by atoms with van der Waals surface area (Å²) >= 11 is 0. The molecule has 2 nitrogen and oxygen atoms in total. The molecule has 0 radical (unpaired) electrons. The van der Waals surface area contributed by atoms with Gasteiger partial charge >= 0.3 is 5.97 Å². The highest BCUT2D eigenvalue weighted by molar-refractivity contribution is 5.76. The molecule has 0 aromatic rings. The summed E-state index contributed by atoms with van der Waals surface area (Å²) in [6.45, 7) is 10.0. The maximum absolute atomic E-state index is 11.5. The Morgan fingerprint density at radius 2 is 2.00 bits per heavy atom. The van der Waals surface area contributed by atoms with Crippen LogP contribution in [0.2, 0.25) is 0 Å². The minimum absolute atomic E-state index is 0.0167. The van der Waals surface area contributed by atoms with Crippen LogP contribution in [-0.2, 0) is 4.79 Å². The van der Waals surface area contributed by atoms with Gasteiger partial charge in [-0.25, -0.2) is 0 Å². The molecule has 0 aromatic carbocycles. The molecule has 16 heavy (non-hydrogen) atoms. The van der Waals surface area contributed by atoms with Crippen LogP contribution in [0.15, 0.2) is 23.8 Å². The zero-order valence-corrected chi connectivity index (χ0v) is 10.9. The first kappa shape index (κ1) is 13.0. The smallest absolute Gasteiger partial charge is 0.310 e. The van der Waals surface area contributed by atoms with Crippen molar-refractivity contribution < 1.29 is 9.90 Å². The number of hydrogen-bond acceptors (Lipinski definition) is 1. The number of aliphatic carboxylic acids is 1. The number of carbonyl (C=O) groups is 1. The summed E-state index contributed by atoms with van der Waals surface area (Å²) in [7, 11) is 0. The Kier molecular flexibility index (Phi) is 3.32. The first-order valence-electron chi connectivity index (χ1n) is 5.78. The molecule has 1 aliphatic rings. The summed E-state index contributed by atoms with van der Waals surface area (Å²) in [4.78, 5) is 11.5. The van der Waals surface area contributed by atoms with Crippen molar-refractivity contribution >= 4 is 5.97 Å². The van der Waals surface area contributed by atoms with Gasteiger partial charge in [-0.1, -0.05) is 37.6 Å². The lowest BCUT2D eigenvalue weighted by Gasteiger charge is -2.42. The van der Waals surface area contributed by atoms with Crippen LogP contribution in [-0.4, -0.2) is 11.1 Å². The summed E-state index contributed by atoms with van der Waals surface area (Å²) < 4.78 is 0. The third-order valence-electron chi connectivity index (χ3n) is 3.68. The predicted octanol–water partition coefficient (Wildman–Crippen LogP) is 3.65. The highest BCUT2D eigenvalue weighted by Crippen LogP contribution is 2.48. The SMILES string of the molecule is CC=C(C)C1C=CC(C)(C)C[C@]1(C)C(=O)O. The van der Waals surface area contributed by atoms with Gasteiger partial charge in [0.05, 0.1) is 5.41 Å². The fourth-order valence-electron chi connectivity index (χ4n) is 2.73. The Bertz CT molecular complexity index is 350. The molecule has 0 saturated heterocycles. The lowest BCUT2D eigenvalue weighted by molar-refractivity contribution is -0.151. The quantitative estimate of drug-likeness (QED) is 0.724. The molecular weight excluding hydrogens is 200 g/mol. The Hall–Kier alpha value is -1.05. The lowest BCUT2D eigenvalue weighted by Crippen LogP contribution is -2.41. The van der Waals surface area contributed by atoms with Crippen LogP contribution in [0, 0.1) is 16.7 Å². The van der Waals surface area contributed by atoms with Gasteiger partial charge in [-0.2, -0.15) is 0 Å². The predicted molar refractivity (Wildman–Crippen MR) is 66.2 cm³/mol. The van der Waals surface area contributed by atoms with Crippen LogP contribution in [0.4, 0.5) is 0 Å². The van der Waals surface area contributed by atoms with E-state index in [4.69, 9.17) is 0 Å². The standard InChI is InChI=1S/C14H22O2/c1-6-10(2)11-7-8-13(3,4)9-14(11,5)12(15)16/h6-8,11H,9H2,1-5H3,(H,15,16)/t11?,14-/m0/s1. The van der Waals surface area contributed by atoms with Gasteiger partial charge in [-0.15, -0.1) is 0 Å². The van der Waals surface area contributed by atoms with E-state index in [1.807, 2.05) is 26.8 Å². The molecule has 0 aliphatic heterocycles. The van der Waals surface area contributed by atoms with Crippen molar-refractivity contribution in [2.24, 2.45) is 16.7 Å². The van der Waals surface area contributed by atoms with Crippen LogP contribution in [0.5, 0.6) is 0 Å². The molecule has 0 spiro atoms. The molecule has 90 valence electrons. The van der Waals surface area contributed by atoms with Crippen LogP contribution in [0.1, 0.15) is 41.0 Å². The van der Waals surface area contributed by atoms with Crippen molar-refractivity contribution in [1.29, 1.82) is 0 Å². The normalized spacial score (nSPS) is 33.8. The van der Waals surface area contributed by atoms with Crippen LogP contribution in [0.3, 0.4) is 0 Å². The number of rotatable bonds is 2. The maximum atomic E-state index is 11.5. The molecule has 0 amide bonds. The van der Waals surface area contributed by atoms with Gasteiger partial charge in [0.25, 0.3) is 0 Å². The minimum Gasteiger partial charge on any atom is -0.481 e. The fourth-order valence-corrected chi connectivity index (χ4v) is 2.73. The zero-order chi connectivity index (χ0) is 12.6. The van der Waals surface area contributed by atoms with Gasteiger partial charge in [0, 0.05) is 5.92 Å². The van der Waals surface area contributed by atoms with E-state index in [-0.39, 0.29) is 11.3 Å². The molecule has 1 unspecified atom stereocenters. The molecule has 1 rings (SSSR count). The Labute approximate surface area is 98.1 Å².